The zero-order valence-corrected chi connectivity index (χ0v) is 59.6. The quantitative estimate of drug-likeness (QED) is 0.0120. The Morgan fingerprint density at radius 1 is 0.385 bits per heavy atom. The van der Waals surface area contributed by atoms with Gasteiger partial charge in [-0.05, 0) is 132 Å². The Balaban J connectivity index is 1.23. The van der Waals surface area contributed by atoms with Gasteiger partial charge in [-0.15, -0.1) is 0 Å². The third-order valence-electron chi connectivity index (χ3n) is 15.8. The van der Waals surface area contributed by atoms with Gasteiger partial charge in [0.2, 0.25) is 17.7 Å². The maximum Gasteiger partial charge on any atom is 0.408 e. The van der Waals surface area contributed by atoms with Gasteiger partial charge in [0.15, 0.2) is 5.60 Å². The Morgan fingerprint density at radius 3 is 1.32 bits per heavy atom. The van der Waals surface area contributed by atoms with Gasteiger partial charge in [0.25, 0.3) is 0 Å². The standard InChI is InChI=1S/C77H112ClN5O13/c1-74(2,3)93-68(86)52-34-23-21-19-17-15-13-11-10-12-14-16-18-20-22-33-51-67(85)81-65(70(88)94-75(4,5)6)53-54-66(84)79-55-39-37-49-63(82-73(91)96-76(7,8)9)69(87)80-56-40-38-50-64(83-72(90)92-57-58-41-27-24-28-42-58)71(89)95-77(59-43-29-25-30-44-59,60-45-31-26-32-46-60)61-47-35-36-48-62(61)78/h24-32,35-36,41-48,63-65H,10-23,33-34,37-40,49-57H2,1-9H3,(H,79,84)(H,80,87)(H,81,85)(H,82,91)(H,83,90)/t63-,64-,65-/m0/s1. The molecule has 5 N–H and O–H groups in total. The number of unbranched alkanes of at least 4 members (excludes halogenated alkanes) is 17. The van der Waals surface area contributed by atoms with E-state index in [0.717, 1.165) is 37.7 Å². The van der Waals surface area contributed by atoms with Gasteiger partial charge in [-0.1, -0.05) is 211 Å². The molecule has 18 nitrogen and oxygen atoms in total. The second kappa shape index (κ2) is 43.7. The fourth-order valence-electron chi connectivity index (χ4n) is 11.0. The van der Waals surface area contributed by atoms with E-state index in [2.05, 4.69) is 26.6 Å². The maximum absolute atomic E-state index is 14.8. The zero-order valence-electron chi connectivity index (χ0n) is 58.9. The maximum atomic E-state index is 14.8. The van der Waals surface area contributed by atoms with E-state index in [-0.39, 0.29) is 69.6 Å². The number of alkyl carbamates (subject to hydrolysis) is 2. The van der Waals surface area contributed by atoms with Gasteiger partial charge in [-0.25, -0.2) is 19.2 Å². The Kier molecular flexibility index (Phi) is 36.8. The Hall–Kier alpha value is -7.47. The molecule has 4 aromatic carbocycles. The minimum absolute atomic E-state index is 0.0415. The van der Waals surface area contributed by atoms with E-state index >= 15 is 0 Å². The summed E-state index contributed by atoms with van der Waals surface area (Å²) < 4.78 is 28.8. The third kappa shape index (κ3) is 34.0. The van der Waals surface area contributed by atoms with E-state index in [1.165, 1.54) is 64.2 Å². The van der Waals surface area contributed by atoms with Crippen molar-refractivity contribution in [1.29, 1.82) is 0 Å². The van der Waals surface area contributed by atoms with Gasteiger partial charge in [0, 0.05) is 54.1 Å². The number of benzene rings is 4. The van der Waals surface area contributed by atoms with Crippen LogP contribution in [-0.2, 0) is 64.7 Å². The Labute approximate surface area is 577 Å². The van der Waals surface area contributed by atoms with Crippen molar-refractivity contribution in [3.8, 4) is 0 Å². The lowest BCUT2D eigenvalue weighted by atomic mass is 9.80. The third-order valence-corrected chi connectivity index (χ3v) is 16.1. The molecule has 0 aliphatic heterocycles. The summed E-state index contributed by atoms with van der Waals surface area (Å²) in [5, 5.41) is 14.4. The number of ether oxygens (including phenoxy) is 5. The Bertz CT molecular complexity index is 2910. The van der Waals surface area contributed by atoms with Crippen LogP contribution in [0.1, 0.15) is 252 Å². The number of nitrogens with one attached hydrogen (secondary N) is 5. The molecule has 0 unspecified atom stereocenters. The molecule has 0 heterocycles. The van der Waals surface area contributed by atoms with Crippen molar-refractivity contribution < 1.29 is 62.0 Å². The molecule has 96 heavy (non-hydrogen) atoms. The van der Waals surface area contributed by atoms with Crippen molar-refractivity contribution in [3.63, 3.8) is 0 Å². The molecule has 0 fully saturated rings. The van der Waals surface area contributed by atoms with E-state index in [1.54, 1.807) is 59.7 Å². The number of hydrogen-bond donors (Lipinski definition) is 5. The minimum Gasteiger partial charge on any atom is -0.460 e. The van der Waals surface area contributed by atoms with Crippen LogP contribution < -0.4 is 26.6 Å². The summed E-state index contributed by atoms with van der Waals surface area (Å²) in [5.41, 5.74) is -1.11. The summed E-state index contributed by atoms with van der Waals surface area (Å²) in [6.07, 6.45) is 19.1. The molecular weight excluding hydrogens is 1240 g/mol. The van der Waals surface area contributed by atoms with E-state index in [4.69, 9.17) is 35.3 Å². The number of rotatable bonds is 44. The lowest BCUT2D eigenvalue weighted by molar-refractivity contribution is -0.159. The number of esters is 3. The summed E-state index contributed by atoms with van der Waals surface area (Å²) in [7, 11) is 0. The first kappa shape index (κ1) is 81.0. The van der Waals surface area contributed by atoms with Crippen LogP contribution in [0.2, 0.25) is 5.02 Å². The number of amides is 5. The molecule has 0 radical (unpaired) electrons. The first-order chi connectivity index (χ1) is 45.7. The van der Waals surface area contributed by atoms with Gasteiger partial charge in [-0.2, -0.15) is 0 Å². The second-order valence-electron chi connectivity index (χ2n) is 27.8. The Morgan fingerprint density at radius 2 is 0.812 bits per heavy atom. The molecule has 19 heteroatoms. The number of carbonyl (C=O) groups is 8. The molecule has 0 saturated carbocycles. The average Bonchev–Trinajstić information content (AvgIpc) is 0.748. The van der Waals surface area contributed by atoms with Gasteiger partial charge in [0.05, 0.1) is 0 Å². The topological polar surface area (TPSA) is 243 Å². The fraction of sp³-hybridized carbons (Fsp3) is 0.584. The molecule has 530 valence electrons. The first-order valence-corrected chi connectivity index (χ1v) is 35.5. The van der Waals surface area contributed by atoms with E-state index in [0.29, 0.717) is 60.2 Å². The normalized spacial score (nSPS) is 12.6. The molecule has 0 aliphatic rings. The summed E-state index contributed by atoms with van der Waals surface area (Å²) in [5.74, 6) is -2.51. The number of hydrogen-bond acceptors (Lipinski definition) is 13. The van der Waals surface area contributed by atoms with E-state index < -0.39 is 70.6 Å². The molecule has 3 atom stereocenters. The van der Waals surface area contributed by atoms with E-state index in [9.17, 15) is 38.4 Å². The number of carbonyl (C=O) groups excluding carboxylic acids is 8. The predicted octanol–water partition coefficient (Wildman–Crippen LogP) is 15.9. The summed E-state index contributed by atoms with van der Waals surface area (Å²) >= 11 is 6.94. The molecule has 0 aliphatic carbocycles. The molecule has 4 aromatic rings. The van der Waals surface area contributed by atoms with Crippen molar-refractivity contribution >= 4 is 59.4 Å². The smallest absolute Gasteiger partial charge is 0.408 e. The van der Waals surface area contributed by atoms with Crippen molar-refractivity contribution in [2.45, 2.75) is 276 Å². The average molecular weight is 1350 g/mol. The van der Waals surface area contributed by atoms with Crippen LogP contribution in [0.15, 0.2) is 115 Å². The van der Waals surface area contributed by atoms with Crippen molar-refractivity contribution in [1.82, 2.24) is 26.6 Å². The highest BCUT2D eigenvalue weighted by atomic mass is 35.5. The number of halogens is 1. The summed E-state index contributed by atoms with van der Waals surface area (Å²) in [4.78, 5) is 107. The van der Waals surface area contributed by atoms with Crippen LogP contribution >= 0.6 is 11.6 Å². The lowest BCUT2D eigenvalue weighted by Gasteiger charge is -2.37. The molecule has 0 saturated heterocycles. The van der Waals surface area contributed by atoms with Gasteiger partial charge in [0.1, 0.15) is 41.5 Å². The second-order valence-corrected chi connectivity index (χ2v) is 28.2. The highest BCUT2D eigenvalue weighted by molar-refractivity contribution is 6.31. The molecule has 5 amide bonds. The van der Waals surface area contributed by atoms with Gasteiger partial charge in [-0.3, -0.25) is 19.2 Å². The zero-order chi connectivity index (χ0) is 70.2. The van der Waals surface area contributed by atoms with E-state index in [1.807, 2.05) is 118 Å². The highest BCUT2D eigenvalue weighted by Gasteiger charge is 2.44. The minimum atomic E-state index is -1.55. The molecular formula is C77H112ClN5O13. The fourth-order valence-corrected chi connectivity index (χ4v) is 11.3. The molecule has 0 aromatic heterocycles. The highest BCUT2D eigenvalue weighted by Crippen LogP contribution is 2.44. The van der Waals surface area contributed by atoms with Crippen molar-refractivity contribution in [2.75, 3.05) is 13.1 Å². The van der Waals surface area contributed by atoms with Crippen LogP contribution in [-0.4, -0.2) is 95.8 Å². The summed E-state index contributed by atoms with van der Waals surface area (Å²) in [6.45, 7) is 16.4. The summed E-state index contributed by atoms with van der Waals surface area (Å²) in [6, 6.07) is 31.5. The van der Waals surface area contributed by atoms with Gasteiger partial charge < -0.3 is 50.3 Å². The lowest BCUT2D eigenvalue weighted by Crippen LogP contribution is -2.48. The molecule has 0 spiro atoms. The molecule has 4 rings (SSSR count). The first-order valence-electron chi connectivity index (χ1n) is 35.1. The van der Waals surface area contributed by atoms with Crippen LogP contribution in [0.4, 0.5) is 9.59 Å². The monoisotopic (exact) mass is 1350 g/mol. The van der Waals surface area contributed by atoms with Gasteiger partial charge >= 0.3 is 30.1 Å². The van der Waals surface area contributed by atoms with Crippen LogP contribution in [0.5, 0.6) is 0 Å². The van der Waals surface area contributed by atoms with Crippen LogP contribution in [0.25, 0.3) is 0 Å². The van der Waals surface area contributed by atoms with Crippen molar-refractivity contribution in [2.24, 2.45) is 0 Å². The molecule has 0 bridgehead atoms. The predicted molar refractivity (Wildman–Crippen MR) is 377 cm³/mol. The SMILES string of the molecule is CC(C)(C)OC(=O)CCCCCCCCCCCCCCCCCCC(=O)N[C@@H](CCC(=O)NCCCC[C@H](NC(=O)OC(C)(C)C)C(=O)NCCCC[C@H](NC(=O)OCc1ccccc1)C(=O)OC(c1ccccc1)(c1ccccc1)c1ccccc1Cl)C(=O)OC(C)(C)C. The van der Waals surface area contributed by atoms with Crippen LogP contribution in [0, 0.1) is 0 Å². The van der Waals surface area contributed by atoms with Crippen LogP contribution in [0.3, 0.4) is 0 Å². The van der Waals surface area contributed by atoms with Crippen molar-refractivity contribution in [3.05, 3.63) is 143 Å². The largest absolute Gasteiger partial charge is 0.460 e.